The average molecular weight is 329 g/mol. The van der Waals surface area contributed by atoms with Crippen LogP contribution < -0.4 is 9.64 Å². The number of aryl methyl sites for hydroxylation is 2. The maximum absolute atomic E-state index is 11.4. The maximum Gasteiger partial charge on any atom is 0.307 e. The fourth-order valence-corrected chi connectivity index (χ4v) is 3.06. The number of hydrogen-bond acceptors (Lipinski definition) is 5. The second-order valence-electron chi connectivity index (χ2n) is 5.94. The van der Waals surface area contributed by atoms with Gasteiger partial charge in [0.2, 0.25) is 0 Å². The maximum atomic E-state index is 11.4. The normalized spacial score (nSPS) is 13.4. The average Bonchev–Trinajstić information content (AvgIpc) is 2.87. The molecular weight excluding hydrogens is 306 g/mol. The molecule has 1 aromatic heterocycles. The highest BCUT2D eigenvalue weighted by Gasteiger charge is 2.21. The molecule has 1 aromatic carbocycles. The highest BCUT2D eigenvalue weighted by Crippen LogP contribution is 2.32. The zero-order valence-corrected chi connectivity index (χ0v) is 14.4. The minimum absolute atomic E-state index is 0.216. The predicted molar refractivity (Wildman–Crippen MR) is 91.3 cm³/mol. The van der Waals surface area contributed by atoms with Crippen molar-refractivity contribution in [3.05, 3.63) is 41.2 Å². The number of aromatic nitrogens is 2. The zero-order valence-electron chi connectivity index (χ0n) is 14.4. The summed E-state index contributed by atoms with van der Waals surface area (Å²) in [4.78, 5) is 13.7. The van der Waals surface area contributed by atoms with Gasteiger partial charge in [-0.3, -0.25) is 9.48 Å². The quantitative estimate of drug-likeness (QED) is 0.789. The fourth-order valence-electron chi connectivity index (χ4n) is 3.06. The Morgan fingerprint density at radius 1 is 1.33 bits per heavy atom. The van der Waals surface area contributed by atoms with Gasteiger partial charge < -0.3 is 14.4 Å². The van der Waals surface area contributed by atoms with Crippen molar-refractivity contribution in [2.45, 2.75) is 33.4 Å². The second kappa shape index (κ2) is 6.95. The van der Waals surface area contributed by atoms with E-state index in [1.165, 1.54) is 12.7 Å². The zero-order chi connectivity index (χ0) is 17.1. The van der Waals surface area contributed by atoms with E-state index in [9.17, 15) is 4.79 Å². The summed E-state index contributed by atoms with van der Waals surface area (Å²) in [7, 11) is 1.41. The molecule has 3 rings (SSSR count). The van der Waals surface area contributed by atoms with E-state index < -0.39 is 0 Å². The summed E-state index contributed by atoms with van der Waals surface area (Å²) < 4.78 is 12.3. The number of rotatable bonds is 5. The molecular formula is C18H23N3O3. The van der Waals surface area contributed by atoms with Crippen molar-refractivity contribution in [3.63, 3.8) is 0 Å². The summed E-state index contributed by atoms with van der Waals surface area (Å²) >= 11 is 0. The molecule has 2 heterocycles. The third-order valence-electron chi connectivity index (χ3n) is 4.46. The Balaban J connectivity index is 1.79. The highest BCUT2D eigenvalue weighted by atomic mass is 16.5. The third kappa shape index (κ3) is 3.22. The number of methoxy groups -OCH3 is 1. The summed E-state index contributed by atoms with van der Waals surface area (Å²) in [5, 5.41) is 4.59. The van der Waals surface area contributed by atoms with Crippen LogP contribution in [-0.4, -0.2) is 36.0 Å². The van der Waals surface area contributed by atoms with Crippen LogP contribution in [0.15, 0.2) is 24.3 Å². The van der Waals surface area contributed by atoms with Crippen molar-refractivity contribution in [1.82, 2.24) is 9.78 Å². The van der Waals surface area contributed by atoms with Gasteiger partial charge in [-0.1, -0.05) is 12.1 Å². The van der Waals surface area contributed by atoms with Crippen LogP contribution in [0, 0.1) is 13.8 Å². The van der Waals surface area contributed by atoms with Crippen LogP contribution in [0.5, 0.6) is 5.75 Å². The first-order valence-corrected chi connectivity index (χ1v) is 8.16. The number of nitrogens with zero attached hydrogens (tertiary/aromatic N) is 3. The molecule has 0 saturated heterocycles. The summed E-state index contributed by atoms with van der Waals surface area (Å²) in [6.45, 7) is 6.94. The topological polar surface area (TPSA) is 56.6 Å². The van der Waals surface area contributed by atoms with E-state index in [1.807, 2.05) is 29.8 Å². The number of anilines is 1. The molecule has 1 aliphatic rings. The summed E-state index contributed by atoms with van der Waals surface area (Å²) in [6.07, 6.45) is 0.332. The molecule has 128 valence electrons. The summed E-state index contributed by atoms with van der Waals surface area (Å²) in [5.41, 5.74) is 4.42. The van der Waals surface area contributed by atoms with Gasteiger partial charge in [0.05, 0.1) is 38.0 Å². The van der Waals surface area contributed by atoms with E-state index in [1.54, 1.807) is 0 Å². The molecule has 0 fully saturated rings. The minimum atomic E-state index is -0.216. The third-order valence-corrected chi connectivity index (χ3v) is 4.46. The van der Waals surface area contributed by atoms with Gasteiger partial charge in [-0.25, -0.2) is 0 Å². The van der Waals surface area contributed by atoms with Crippen molar-refractivity contribution in [3.8, 4) is 5.75 Å². The number of ether oxygens (including phenoxy) is 2. The Hall–Kier alpha value is -2.50. The molecule has 0 aliphatic carbocycles. The van der Waals surface area contributed by atoms with Crippen LogP contribution in [0.4, 0.5) is 5.69 Å². The van der Waals surface area contributed by atoms with Crippen LogP contribution in [-0.2, 0) is 22.6 Å². The van der Waals surface area contributed by atoms with E-state index in [2.05, 4.69) is 23.0 Å². The van der Waals surface area contributed by atoms with Crippen LogP contribution >= 0.6 is 0 Å². The van der Waals surface area contributed by atoms with Gasteiger partial charge in [0.25, 0.3) is 0 Å². The fraction of sp³-hybridized carbons (Fsp3) is 0.444. The Morgan fingerprint density at radius 2 is 2.12 bits per heavy atom. The van der Waals surface area contributed by atoms with Crippen LogP contribution in [0.1, 0.15) is 23.4 Å². The molecule has 0 atom stereocenters. The SMILES string of the molecule is COC(=O)CCn1nc(C)c(CN2CCOc3ccccc32)c1C. The number of hydrogen-bond donors (Lipinski definition) is 0. The van der Waals surface area contributed by atoms with Gasteiger partial charge in [0, 0.05) is 17.8 Å². The standard InChI is InChI=1S/C18H23N3O3/c1-13-15(14(2)21(19-13)9-8-18(22)23-3)12-20-10-11-24-17-7-5-4-6-16(17)20/h4-7H,8-12H2,1-3H3. The molecule has 0 N–H and O–H groups in total. The number of carbonyl (C=O) groups excluding carboxylic acids is 1. The Labute approximate surface area is 142 Å². The minimum Gasteiger partial charge on any atom is -0.490 e. The summed E-state index contributed by atoms with van der Waals surface area (Å²) in [6, 6.07) is 8.10. The van der Waals surface area contributed by atoms with Gasteiger partial charge >= 0.3 is 5.97 Å². The van der Waals surface area contributed by atoms with Crippen LogP contribution in [0.3, 0.4) is 0 Å². The highest BCUT2D eigenvalue weighted by molar-refractivity contribution is 5.69. The van der Waals surface area contributed by atoms with Crippen molar-refractivity contribution in [2.24, 2.45) is 0 Å². The van der Waals surface area contributed by atoms with E-state index >= 15 is 0 Å². The number of esters is 1. The number of carbonyl (C=O) groups is 1. The molecule has 0 unspecified atom stereocenters. The first-order chi connectivity index (χ1) is 11.6. The summed E-state index contributed by atoms with van der Waals surface area (Å²) in [5.74, 6) is 0.711. The van der Waals surface area contributed by atoms with Crippen molar-refractivity contribution in [1.29, 1.82) is 0 Å². The Bertz CT molecular complexity index is 739. The lowest BCUT2D eigenvalue weighted by atomic mass is 10.1. The smallest absolute Gasteiger partial charge is 0.307 e. The van der Waals surface area contributed by atoms with E-state index in [0.717, 1.165) is 35.9 Å². The predicted octanol–water partition coefficient (Wildman–Crippen LogP) is 2.46. The first kappa shape index (κ1) is 16.4. The van der Waals surface area contributed by atoms with Crippen LogP contribution in [0.25, 0.3) is 0 Å². The van der Waals surface area contributed by atoms with Gasteiger partial charge in [0.15, 0.2) is 0 Å². The molecule has 24 heavy (non-hydrogen) atoms. The number of para-hydroxylation sites is 2. The van der Waals surface area contributed by atoms with E-state index in [-0.39, 0.29) is 5.97 Å². The van der Waals surface area contributed by atoms with Gasteiger partial charge in [-0.15, -0.1) is 0 Å². The van der Waals surface area contributed by atoms with Crippen molar-refractivity contribution < 1.29 is 14.3 Å². The molecule has 0 radical (unpaired) electrons. The molecule has 0 amide bonds. The number of fused-ring (bicyclic) bond motifs is 1. The van der Waals surface area contributed by atoms with E-state index in [0.29, 0.717) is 19.6 Å². The van der Waals surface area contributed by atoms with Crippen LogP contribution in [0.2, 0.25) is 0 Å². The monoisotopic (exact) mass is 329 g/mol. The van der Waals surface area contributed by atoms with E-state index in [4.69, 9.17) is 9.47 Å². The molecule has 6 heteroatoms. The Kier molecular flexibility index (Phi) is 4.74. The molecule has 6 nitrogen and oxygen atoms in total. The molecule has 1 aliphatic heterocycles. The molecule has 0 saturated carbocycles. The lowest BCUT2D eigenvalue weighted by Gasteiger charge is -2.31. The molecule has 0 spiro atoms. The largest absolute Gasteiger partial charge is 0.490 e. The van der Waals surface area contributed by atoms with Crippen molar-refractivity contribution in [2.75, 3.05) is 25.2 Å². The van der Waals surface area contributed by atoms with Gasteiger partial charge in [-0.05, 0) is 26.0 Å². The molecule has 0 bridgehead atoms. The lowest BCUT2D eigenvalue weighted by Crippen LogP contribution is -2.32. The van der Waals surface area contributed by atoms with Crippen molar-refractivity contribution >= 4 is 11.7 Å². The van der Waals surface area contributed by atoms with Gasteiger partial charge in [0.1, 0.15) is 12.4 Å². The number of benzene rings is 1. The first-order valence-electron chi connectivity index (χ1n) is 8.16. The Morgan fingerprint density at radius 3 is 2.92 bits per heavy atom. The lowest BCUT2D eigenvalue weighted by molar-refractivity contribution is -0.140. The van der Waals surface area contributed by atoms with Gasteiger partial charge in [-0.2, -0.15) is 5.10 Å². The second-order valence-corrected chi connectivity index (χ2v) is 5.94. The molecule has 2 aromatic rings.